The van der Waals surface area contributed by atoms with Crippen molar-refractivity contribution in [1.29, 1.82) is 0 Å². The van der Waals surface area contributed by atoms with E-state index in [1.165, 1.54) is 40.2 Å². The molecule has 1 aliphatic rings. The van der Waals surface area contributed by atoms with Gasteiger partial charge in [-0.05, 0) is 73.7 Å². The Morgan fingerprint density at radius 2 is 1.62 bits per heavy atom. The molecular formula is C31H28FN3OS. The average Bonchev–Trinajstić information content (AvgIpc) is 3.33. The molecule has 2 aromatic heterocycles. The number of rotatable bonds is 5. The molecular weight excluding hydrogens is 481 g/mol. The molecule has 6 rings (SSSR count). The smallest absolute Gasteiger partial charge is 0.128 e. The third kappa shape index (κ3) is 4.21. The van der Waals surface area contributed by atoms with Crippen molar-refractivity contribution < 1.29 is 9.13 Å². The third-order valence-corrected chi connectivity index (χ3v) is 7.47. The van der Waals surface area contributed by atoms with Gasteiger partial charge in [-0.25, -0.2) is 4.39 Å². The summed E-state index contributed by atoms with van der Waals surface area (Å²) in [6.45, 7) is 3.05. The van der Waals surface area contributed by atoms with E-state index in [4.69, 9.17) is 17.0 Å². The zero-order valence-corrected chi connectivity index (χ0v) is 21.7. The lowest BCUT2D eigenvalue weighted by Crippen LogP contribution is -2.14. The summed E-state index contributed by atoms with van der Waals surface area (Å²) in [5.74, 6) is 0.544. The first-order chi connectivity index (χ1) is 18.0. The van der Waals surface area contributed by atoms with Gasteiger partial charge in [0, 0.05) is 29.6 Å². The largest absolute Gasteiger partial charge is 0.497 e. The zero-order chi connectivity index (χ0) is 25.5. The molecule has 3 heterocycles. The standard InChI is InChI=1S/C31H28FN3OS/c1-20-6-8-21(9-7-20)27-19-35-29(30(37)33-24-14-16-25(36-2)17-15-24)28(22-10-12-23(32)13-11-22)26-5-3-4-18-34(27)31(26)35/h6-17,19H,3-5,18H2,1-2H3,(H,33,37). The molecule has 6 heteroatoms. The second-order valence-corrected chi connectivity index (χ2v) is 9.98. The minimum absolute atomic E-state index is 0.245. The molecule has 0 fully saturated rings. The average molecular weight is 510 g/mol. The summed E-state index contributed by atoms with van der Waals surface area (Å²) in [6.07, 6.45) is 5.34. The van der Waals surface area contributed by atoms with Crippen LogP contribution in [0.15, 0.2) is 79.0 Å². The third-order valence-electron chi connectivity index (χ3n) is 7.18. The Morgan fingerprint density at radius 3 is 2.32 bits per heavy atom. The number of imidazole rings is 1. The lowest BCUT2D eigenvalue weighted by molar-refractivity contribution is 0.415. The molecule has 0 aliphatic carbocycles. The molecule has 1 aliphatic heterocycles. The molecule has 0 atom stereocenters. The molecule has 5 aromatic rings. The van der Waals surface area contributed by atoms with E-state index in [2.05, 4.69) is 51.7 Å². The van der Waals surface area contributed by atoms with Crippen molar-refractivity contribution >= 4 is 28.5 Å². The van der Waals surface area contributed by atoms with Crippen LogP contribution in [0.25, 0.3) is 28.0 Å². The molecule has 37 heavy (non-hydrogen) atoms. The molecule has 0 bridgehead atoms. The van der Waals surface area contributed by atoms with Gasteiger partial charge in [0.15, 0.2) is 0 Å². The molecule has 0 amide bonds. The number of benzene rings is 3. The van der Waals surface area contributed by atoms with E-state index in [9.17, 15) is 4.39 Å². The van der Waals surface area contributed by atoms with Crippen LogP contribution >= 0.6 is 12.2 Å². The molecule has 0 unspecified atom stereocenters. The van der Waals surface area contributed by atoms with Gasteiger partial charge in [0.2, 0.25) is 0 Å². The molecule has 186 valence electrons. The van der Waals surface area contributed by atoms with Crippen molar-refractivity contribution in [3.05, 3.63) is 102 Å². The van der Waals surface area contributed by atoms with Gasteiger partial charge in [0.1, 0.15) is 22.2 Å². The Kier molecular flexibility index (Phi) is 6.05. The zero-order valence-electron chi connectivity index (χ0n) is 20.9. The van der Waals surface area contributed by atoms with Crippen LogP contribution in [0.4, 0.5) is 10.1 Å². The van der Waals surface area contributed by atoms with Gasteiger partial charge < -0.3 is 14.6 Å². The summed E-state index contributed by atoms with van der Waals surface area (Å²) in [4.78, 5) is 0.624. The van der Waals surface area contributed by atoms with Gasteiger partial charge in [-0.3, -0.25) is 4.40 Å². The number of methoxy groups -OCH3 is 1. The number of ether oxygens (including phenoxy) is 1. The Balaban J connectivity index is 1.57. The summed E-state index contributed by atoms with van der Waals surface area (Å²) in [5, 5.41) is 3.44. The van der Waals surface area contributed by atoms with Gasteiger partial charge in [0.25, 0.3) is 0 Å². The number of nitrogens with zero attached hydrogens (tertiary/aromatic N) is 2. The van der Waals surface area contributed by atoms with Gasteiger partial charge in [0.05, 0.1) is 18.5 Å². The van der Waals surface area contributed by atoms with E-state index >= 15 is 0 Å². The summed E-state index contributed by atoms with van der Waals surface area (Å²) in [5.41, 5.74) is 9.89. The highest BCUT2D eigenvalue weighted by Crippen LogP contribution is 2.40. The summed E-state index contributed by atoms with van der Waals surface area (Å²) >= 11 is 6.06. The molecule has 0 spiro atoms. The molecule has 4 nitrogen and oxygen atoms in total. The number of nitrogens with one attached hydrogen (secondary N) is 1. The fourth-order valence-corrected chi connectivity index (χ4v) is 5.67. The topological polar surface area (TPSA) is 30.6 Å². The van der Waals surface area contributed by atoms with Gasteiger partial charge in [-0.2, -0.15) is 0 Å². The lowest BCUT2D eigenvalue weighted by atomic mass is 9.98. The number of aryl methyl sites for hydroxylation is 3. The van der Waals surface area contributed by atoms with Crippen molar-refractivity contribution in [2.75, 3.05) is 12.4 Å². The van der Waals surface area contributed by atoms with E-state index in [1.54, 1.807) is 7.11 Å². The van der Waals surface area contributed by atoms with Crippen LogP contribution < -0.4 is 10.1 Å². The highest BCUT2D eigenvalue weighted by atomic mass is 32.1. The number of aromatic nitrogens is 2. The Hall–Kier alpha value is -3.90. The van der Waals surface area contributed by atoms with Gasteiger partial charge in [-0.15, -0.1) is 0 Å². The fourth-order valence-electron chi connectivity index (χ4n) is 5.36. The molecule has 3 aromatic carbocycles. The Bertz CT molecular complexity index is 1600. The van der Waals surface area contributed by atoms with Crippen LogP contribution in [0.5, 0.6) is 5.75 Å². The number of thiocarbonyl (C=S) groups is 1. The predicted octanol–water partition coefficient (Wildman–Crippen LogP) is 7.65. The molecule has 0 radical (unpaired) electrons. The van der Waals surface area contributed by atoms with Crippen LogP contribution in [0.2, 0.25) is 0 Å². The minimum Gasteiger partial charge on any atom is -0.497 e. The Labute approximate surface area is 221 Å². The highest BCUT2D eigenvalue weighted by Gasteiger charge is 2.28. The minimum atomic E-state index is -0.245. The summed E-state index contributed by atoms with van der Waals surface area (Å²) in [7, 11) is 1.65. The first-order valence-corrected chi connectivity index (χ1v) is 13.0. The van der Waals surface area contributed by atoms with E-state index < -0.39 is 0 Å². The van der Waals surface area contributed by atoms with E-state index in [0.29, 0.717) is 4.99 Å². The van der Waals surface area contributed by atoms with Crippen LogP contribution in [-0.2, 0) is 13.0 Å². The van der Waals surface area contributed by atoms with E-state index in [-0.39, 0.29) is 5.82 Å². The summed E-state index contributed by atoms with van der Waals surface area (Å²) in [6, 6.07) is 23.2. The van der Waals surface area contributed by atoms with Crippen molar-refractivity contribution in [3.8, 4) is 28.1 Å². The van der Waals surface area contributed by atoms with Gasteiger partial charge >= 0.3 is 0 Å². The lowest BCUT2D eigenvalue weighted by Gasteiger charge is -2.13. The maximum Gasteiger partial charge on any atom is 0.128 e. The van der Waals surface area contributed by atoms with Crippen molar-refractivity contribution in [2.45, 2.75) is 32.7 Å². The number of anilines is 1. The fraction of sp³-hybridized carbons (Fsp3) is 0.194. The van der Waals surface area contributed by atoms with Crippen LogP contribution in [0, 0.1) is 12.7 Å². The second kappa shape index (κ2) is 9.52. The summed E-state index contributed by atoms with van der Waals surface area (Å²) < 4.78 is 23.9. The van der Waals surface area contributed by atoms with Gasteiger partial charge in [-0.1, -0.05) is 54.2 Å². The normalized spacial score (nSPS) is 12.9. The highest BCUT2D eigenvalue weighted by molar-refractivity contribution is 7.81. The SMILES string of the molecule is COc1ccc(NC(=S)c2c(-c3ccc(F)cc3)c3c4n(c(-c5ccc(C)cc5)cn24)CCCC3)cc1. The van der Waals surface area contributed by atoms with Crippen LogP contribution in [0.1, 0.15) is 29.7 Å². The second-order valence-electron chi connectivity index (χ2n) is 9.57. The van der Waals surface area contributed by atoms with Crippen LogP contribution in [-0.4, -0.2) is 21.1 Å². The first-order valence-electron chi connectivity index (χ1n) is 12.6. The van der Waals surface area contributed by atoms with E-state index in [1.807, 2.05) is 36.4 Å². The molecule has 0 saturated heterocycles. The van der Waals surface area contributed by atoms with Crippen molar-refractivity contribution in [1.82, 2.24) is 8.97 Å². The van der Waals surface area contributed by atoms with E-state index in [0.717, 1.165) is 54.1 Å². The van der Waals surface area contributed by atoms with Crippen LogP contribution in [0.3, 0.4) is 0 Å². The number of halogens is 1. The van der Waals surface area contributed by atoms with Crippen molar-refractivity contribution in [2.24, 2.45) is 0 Å². The number of hydrogen-bond acceptors (Lipinski definition) is 2. The predicted molar refractivity (Wildman–Crippen MR) is 152 cm³/mol. The van der Waals surface area contributed by atoms with Crippen molar-refractivity contribution in [3.63, 3.8) is 0 Å². The maximum atomic E-state index is 13.9. The monoisotopic (exact) mass is 509 g/mol. The maximum absolute atomic E-state index is 13.9. The number of hydrogen-bond donors (Lipinski definition) is 1. The molecule has 1 N–H and O–H groups in total. The first kappa shape index (κ1) is 23.5. The quantitative estimate of drug-likeness (QED) is 0.247. The Morgan fingerprint density at radius 1 is 0.919 bits per heavy atom. The molecule has 0 saturated carbocycles.